The molecule has 0 bridgehead atoms. The molecule has 0 aliphatic carbocycles. The summed E-state index contributed by atoms with van der Waals surface area (Å²) in [5.74, 6) is 0.622. The standard InChI is InChI=1S/C20H27N3O/c1-2-23-15-18(13-21-23)14-22-12-6-9-19(16-22)20(24)11-10-17-7-4-3-5-8-17/h3-5,7-8,13,15,19H,2,6,9-12,14,16H2,1H3/t19-/m0/s1. The zero-order valence-corrected chi connectivity index (χ0v) is 14.5. The van der Waals surface area contributed by atoms with Gasteiger partial charge in [-0.05, 0) is 38.3 Å². The maximum atomic E-state index is 12.6. The molecular weight excluding hydrogens is 298 g/mol. The fourth-order valence-electron chi connectivity index (χ4n) is 3.50. The minimum absolute atomic E-state index is 0.198. The number of nitrogens with zero attached hydrogens (tertiary/aromatic N) is 3. The van der Waals surface area contributed by atoms with Gasteiger partial charge in [0.25, 0.3) is 0 Å². The highest BCUT2D eigenvalue weighted by molar-refractivity contribution is 5.81. The molecule has 0 N–H and O–H groups in total. The maximum Gasteiger partial charge on any atom is 0.137 e. The van der Waals surface area contributed by atoms with Crippen molar-refractivity contribution in [3.63, 3.8) is 0 Å². The number of rotatable bonds is 7. The molecule has 1 aliphatic heterocycles. The van der Waals surface area contributed by atoms with Crippen molar-refractivity contribution in [1.29, 1.82) is 0 Å². The van der Waals surface area contributed by atoms with Crippen molar-refractivity contribution in [3.8, 4) is 0 Å². The van der Waals surface area contributed by atoms with Gasteiger partial charge in [0.05, 0.1) is 6.20 Å². The number of hydrogen-bond donors (Lipinski definition) is 0. The van der Waals surface area contributed by atoms with Gasteiger partial charge in [-0.15, -0.1) is 0 Å². The van der Waals surface area contributed by atoms with Gasteiger partial charge in [0.1, 0.15) is 5.78 Å². The average molecular weight is 325 g/mol. The molecule has 3 rings (SSSR count). The molecule has 1 fully saturated rings. The van der Waals surface area contributed by atoms with E-state index in [0.717, 1.165) is 45.4 Å². The largest absolute Gasteiger partial charge is 0.299 e. The Bertz CT molecular complexity index is 650. The lowest BCUT2D eigenvalue weighted by Gasteiger charge is -2.31. The van der Waals surface area contributed by atoms with Gasteiger partial charge in [-0.1, -0.05) is 30.3 Å². The number of hydrogen-bond acceptors (Lipinski definition) is 3. The van der Waals surface area contributed by atoms with E-state index < -0.39 is 0 Å². The Morgan fingerprint density at radius 2 is 2.08 bits per heavy atom. The van der Waals surface area contributed by atoms with E-state index in [4.69, 9.17) is 0 Å². The van der Waals surface area contributed by atoms with Crippen LogP contribution in [0.1, 0.15) is 37.3 Å². The van der Waals surface area contributed by atoms with Gasteiger partial charge in [-0.2, -0.15) is 5.10 Å². The van der Waals surface area contributed by atoms with Crippen LogP contribution in [-0.4, -0.2) is 33.6 Å². The number of carbonyl (C=O) groups excluding carboxylic acids is 1. The van der Waals surface area contributed by atoms with E-state index in [2.05, 4.69) is 35.3 Å². The van der Waals surface area contributed by atoms with Gasteiger partial charge < -0.3 is 0 Å². The number of aromatic nitrogens is 2. The van der Waals surface area contributed by atoms with Crippen LogP contribution in [0.15, 0.2) is 42.7 Å². The summed E-state index contributed by atoms with van der Waals surface area (Å²) < 4.78 is 1.96. The molecule has 1 saturated heterocycles. The SMILES string of the molecule is CCn1cc(CN2CCC[C@H](C(=O)CCc3ccccc3)C2)cn1. The lowest BCUT2D eigenvalue weighted by atomic mass is 9.90. The van der Waals surface area contributed by atoms with Crippen LogP contribution in [0.4, 0.5) is 0 Å². The molecule has 0 amide bonds. The Labute approximate surface area is 144 Å². The molecule has 24 heavy (non-hydrogen) atoms. The van der Waals surface area contributed by atoms with Crippen LogP contribution in [0.3, 0.4) is 0 Å². The molecule has 0 spiro atoms. The number of piperidine rings is 1. The predicted molar refractivity (Wildman–Crippen MR) is 95.7 cm³/mol. The Balaban J connectivity index is 1.50. The molecule has 1 aliphatic rings. The second-order valence-corrected chi connectivity index (χ2v) is 6.73. The first-order valence-electron chi connectivity index (χ1n) is 9.05. The third kappa shape index (κ3) is 4.54. The highest BCUT2D eigenvalue weighted by Gasteiger charge is 2.25. The highest BCUT2D eigenvalue weighted by Crippen LogP contribution is 2.21. The molecule has 4 heteroatoms. The first-order chi connectivity index (χ1) is 11.7. The van der Waals surface area contributed by atoms with E-state index in [0.29, 0.717) is 12.2 Å². The molecule has 0 radical (unpaired) electrons. The number of benzene rings is 1. The van der Waals surface area contributed by atoms with Gasteiger partial charge >= 0.3 is 0 Å². The van der Waals surface area contributed by atoms with Crippen LogP contribution >= 0.6 is 0 Å². The molecular formula is C20H27N3O. The van der Waals surface area contributed by atoms with E-state index in [1.807, 2.05) is 29.1 Å². The van der Waals surface area contributed by atoms with Gasteiger partial charge in [-0.25, -0.2) is 0 Å². The van der Waals surface area contributed by atoms with Crippen LogP contribution in [0, 0.1) is 5.92 Å². The lowest BCUT2D eigenvalue weighted by Crippen LogP contribution is -2.38. The van der Waals surface area contributed by atoms with E-state index >= 15 is 0 Å². The van der Waals surface area contributed by atoms with Crippen molar-refractivity contribution >= 4 is 5.78 Å². The summed E-state index contributed by atoms with van der Waals surface area (Å²) in [7, 11) is 0. The Hall–Kier alpha value is -1.94. The fourth-order valence-corrected chi connectivity index (χ4v) is 3.50. The summed E-state index contributed by atoms with van der Waals surface area (Å²) in [6, 6.07) is 10.3. The third-order valence-corrected chi connectivity index (χ3v) is 4.88. The molecule has 0 saturated carbocycles. The van der Waals surface area contributed by atoms with Crippen molar-refractivity contribution in [3.05, 3.63) is 53.9 Å². The van der Waals surface area contributed by atoms with Crippen LogP contribution < -0.4 is 0 Å². The molecule has 4 nitrogen and oxygen atoms in total. The topological polar surface area (TPSA) is 38.1 Å². The second kappa shape index (κ2) is 8.25. The van der Waals surface area contributed by atoms with Crippen LogP contribution in [0.25, 0.3) is 0 Å². The third-order valence-electron chi connectivity index (χ3n) is 4.88. The summed E-state index contributed by atoms with van der Waals surface area (Å²) in [4.78, 5) is 15.0. The van der Waals surface area contributed by atoms with Gasteiger partial charge in [0.15, 0.2) is 0 Å². The van der Waals surface area contributed by atoms with Crippen molar-refractivity contribution in [2.45, 2.75) is 45.7 Å². The Kier molecular flexibility index (Phi) is 5.81. The minimum Gasteiger partial charge on any atom is -0.299 e. The zero-order valence-electron chi connectivity index (χ0n) is 14.5. The summed E-state index contributed by atoms with van der Waals surface area (Å²) in [6.45, 7) is 5.88. The van der Waals surface area contributed by atoms with Crippen molar-refractivity contribution in [2.75, 3.05) is 13.1 Å². The van der Waals surface area contributed by atoms with E-state index in [9.17, 15) is 4.79 Å². The quantitative estimate of drug-likeness (QED) is 0.784. The summed E-state index contributed by atoms with van der Waals surface area (Å²) in [5.41, 5.74) is 2.50. The average Bonchev–Trinajstić information content (AvgIpc) is 3.08. The summed E-state index contributed by atoms with van der Waals surface area (Å²) >= 11 is 0. The maximum absolute atomic E-state index is 12.6. The molecule has 128 valence electrons. The van der Waals surface area contributed by atoms with E-state index in [-0.39, 0.29) is 5.92 Å². The molecule has 0 unspecified atom stereocenters. The van der Waals surface area contributed by atoms with Crippen LogP contribution in [-0.2, 0) is 24.3 Å². The highest BCUT2D eigenvalue weighted by atomic mass is 16.1. The van der Waals surface area contributed by atoms with Crippen molar-refractivity contribution in [2.24, 2.45) is 5.92 Å². The molecule has 1 atom stereocenters. The molecule has 2 heterocycles. The second-order valence-electron chi connectivity index (χ2n) is 6.73. The fraction of sp³-hybridized carbons (Fsp3) is 0.500. The minimum atomic E-state index is 0.198. The normalized spacial score (nSPS) is 18.6. The number of ketones is 1. The number of likely N-dealkylation sites (tertiary alicyclic amines) is 1. The first kappa shape index (κ1) is 16.9. The van der Waals surface area contributed by atoms with Crippen molar-refractivity contribution < 1.29 is 4.79 Å². The van der Waals surface area contributed by atoms with E-state index in [1.165, 1.54) is 11.1 Å². The van der Waals surface area contributed by atoms with Crippen molar-refractivity contribution in [1.82, 2.24) is 14.7 Å². The lowest BCUT2D eigenvalue weighted by molar-refractivity contribution is -0.124. The monoisotopic (exact) mass is 325 g/mol. The molecule has 1 aromatic heterocycles. The number of Topliss-reactive ketones (excluding diaryl/α,β-unsaturated/α-hetero) is 1. The van der Waals surface area contributed by atoms with Gasteiger partial charge in [0.2, 0.25) is 0 Å². The van der Waals surface area contributed by atoms with Crippen LogP contribution in [0.2, 0.25) is 0 Å². The summed E-state index contributed by atoms with van der Waals surface area (Å²) in [5, 5.41) is 4.34. The number of carbonyl (C=O) groups is 1. The van der Waals surface area contributed by atoms with E-state index in [1.54, 1.807) is 0 Å². The molecule has 2 aromatic rings. The predicted octanol–water partition coefficient (Wildman–Crippen LogP) is 3.32. The number of aryl methyl sites for hydroxylation is 2. The smallest absolute Gasteiger partial charge is 0.137 e. The first-order valence-corrected chi connectivity index (χ1v) is 9.05. The summed E-state index contributed by atoms with van der Waals surface area (Å²) in [6.07, 6.45) is 7.74. The van der Waals surface area contributed by atoms with Crippen LogP contribution in [0.5, 0.6) is 0 Å². The zero-order chi connectivity index (χ0) is 16.8. The van der Waals surface area contributed by atoms with Gasteiger partial charge in [-0.3, -0.25) is 14.4 Å². The Morgan fingerprint density at radius 1 is 1.25 bits per heavy atom. The molecule has 1 aromatic carbocycles. The Morgan fingerprint density at radius 3 is 2.83 bits per heavy atom. The van der Waals surface area contributed by atoms with Gasteiger partial charge in [0, 0.05) is 43.7 Å².